The van der Waals surface area contributed by atoms with E-state index in [1.54, 1.807) is 18.2 Å². The van der Waals surface area contributed by atoms with Gasteiger partial charge in [0.2, 0.25) is 0 Å². The van der Waals surface area contributed by atoms with Gasteiger partial charge in [-0.25, -0.2) is 0 Å². The van der Waals surface area contributed by atoms with Crippen LogP contribution in [0.2, 0.25) is 5.02 Å². The lowest BCUT2D eigenvalue weighted by atomic mass is 9.88. The topological polar surface area (TPSA) is 61.3 Å². The van der Waals surface area contributed by atoms with Crippen molar-refractivity contribution < 1.29 is 9.26 Å². The van der Waals surface area contributed by atoms with E-state index in [0.29, 0.717) is 23.1 Å². The highest BCUT2D eigenvalue weighted by Gasteiger charge is 2.22. The average molecular weight is 269 g/mol. The molecule has 0 bridgehead atoms. The van der Waals surface area contributed by atoms with Crippen molar-refractivity contribution in [2.45, 2.75) is 26.8 Å². The van der Waals surface area contributed by atoms with Crippen molar-refractivity contribution in [2.24, 2.45) is 11.1 Å². The van der Waals surface area contributed by atoms with Gasteiger partial charge in [0.25, 0.3) is 5.88 Å². The van der Waals surface area contributed by atoms with Crippen LogP contribution in [0.25, 0.3) is 11.0 Å². The first-order valence-corrected chi connectivity index (χ1v) is 6.19. The minimum atomic E-state index is -0.0802. The van der Waals surface area contributed by atoms with E-state index >= 15 is 0 Å². The second-order valence-electron chi connectivity index (χ2n) is 5.41. The Hall–Kier alpha value is -1.26. The summed E-state index contributed by atoms with van der Waals surface area (Å²) in [6.45, 7) is 6.59. The molecule has 1 aromatic heterocycles. The van der Waals surface area contributed by atoms with Crippen molar-refractivity contribution in [3.05, 3.63) is 23.2 Å². The number of hydrogen-bond donors (Lipinski definition) is 1. The van der Waals surface area contributed by atoms with Gasteiger partial charge in [0.1, 0.15) is 6.61 Å². The van der Waals surface area contributed by atoms with E-state index in [0.717, 1.165) is 5.39 Å². The van der Waals surface area contributed by atoms with Gasteiger partial charge in [0, 0.05) is 11.1 Å². The molecule has 2 N–H and O–H groups in total. The van der Waals surface area contributed by atoms with Crippen molar-refractivity contribution in [3.8, 4) is 5.88 Å². The van der Waals surface area contributed by atoms with Gasteiger partial charge >= 0.3 is 0 Å². The van der Waals surface area contributed by atoms with Crippen LogP contribution in [0.3, 0.4) is 0 Å². The molecule has 0 saturated heterocycles. The number of hydrogen-bond acceptors (Lipinski definition) is 4. The lowest BCUT2D eigenvalue weighted by Crippen LogP contribution is -2.40. The van der Waals surface area contributed by atoms with E-state index < -0.39 is 0 Å². The predicted octanol–water partition coefficient (Wildman–Crippen LogP) is 3.23. The molecule has 1 unspecified atom stereocenters. The van der Waals surface area contributed by atoms with Gasteiger partial charge in [-0.3, -0.25) is 0 Å². The minimum absolute atomic E-state index is 0.0167. The molecule has 0 amide bonds. The Morgan fingerprint density at radius 1 is 1.44 bits per heavy atom. The number of benzene rings is 1. The zero-order chi connectivity index (χ0) is 13.3. The SMILES string of the molecule is CC(C)(C)C(N)COc1noc2ccc(Cl)cc12. The van der Waals surface area contributed by atoms with Crippen LogP contribution in [0.4, 0.5) is 0 Å². The van der Waals surface area contributed by atoms with Crippen molar-refractivity contribution >= 4 is 22.6 Å². The molecule has 18 heavy (non-hydrogen) atoms. The van der Waals surface area contributed by atoms with E-state index in [4.69, 9.17) is 26.6 Å². The Morgan fingerprint density at radius 3 is 2.83 bits per heavy atom. The fraction of sp³-hybridized carbons (Fsp3) is 0.462. The molecule has 1 heterocycles. The third-order valence-electron chi connectivity index (χ3n) is 2.91. The fourth-order valence-electron chi connectivity index (χ4n) is 1.41. The number of nitrogens with two attached hydrogens (primary N) is 1. The Balaban J connectivity index is 2.15. The van der Waals surface area contributed by atoms with Gasteiger partial charge in [0.15, 0.2) is 5.58 Å². The lowest BCUT2D eigenvalue weighted by molar-refractivity contribution is 0.195. The summed E-state index contributed by atoms with van der Waals surface area (Å²) in [4.78, 5) is 0. The Bertz CT molecular complexity index is 545. The van der Waals surface area contributed by atoms with Crippen LogP contribution >= 0.6 is 11.6 Å². The van der Waals surface area contributed by atoms with Crippen LogP contribution in [0, 0.1) is 5.41 Å². The average Bonchev–Trinajstić information content (AvgIpc) is 2.67. The Morgan fingerprint density at radius 2 is 2.17 bits per heavy atom. The van der Waals surface area contributed by atoms with Crippen LogP contribution in [-0.2, 0) is 0 Å². The zero-order valence-corrected chi connectivity index (χ0v) is 11.5. The summed E-state index contributed by atoms with van der Waals surface area (Å²) in [5.41, 5.74) is 6.67. The maximum Gasteiger partial charge on any atom is 0.262 e. The molecular weight excluding hydrogens is 252 g/mol. The van der Waals surface area contributed by atoms with E-state index in [1.807, 2.05) is 0 Å². The summed E-state index contributed by atoms with van der Waals surface area (Å²) >= 11 is 5.93. The number of ether oxygens (including phenoxy) is 1. The van der Waals surface area contributed by atoms with Crippen LogP contribution in [0.1, 0.15) is 20.8 Å². The van der Waals surface area contributed by atoms with E-state index in [-0.39, 0.29) is 11.5 Å². The number of aromatic nitrogens is 1. The molecule has 0 radical (unpaired) electrons. The van der Waals surface area contributed by atoms with E-state index in [9.17, 15) is 0 Å². The van der Waals surface area contributed by atoms with Gasteiger partial charge in [0.05, 0.1) is 5.39 Å². The first kappa shape index (κ1) is 13.2. The molecule has 0 aliphatic rings. The van der Waals surface area contributed by atoms with E-state index in [2.05, 4.69) is 25.9 Å². The predicted molar refractivity (Wildman–Crippen MR) is 71.9 cm³/mol. The zero-order valence-electron chi connectivity index (χ0n) is 10.7. The lowest BCUT2D eigenvalue weighted by Gasteiger charge is -2.26. The molecule has 1 aromatic carbocycles. The highest BCUT2D eigenvalue weighted by Crippen LogP contribution is 2.28. The third-order valence-corrected chi connectivity index (χ3v) is 3.15. The number of nitrogens with zero attached hydrogens (tertiary/aromatic N) is 1. The molecule has 1 atom stereocenters. The van der Waals surface area contributed by atoms with E-state index in [1.165, 1.54) is 0 Å². The Labute approximate surface area is 111 Å². The number of fused-ring (bicyclic) bond motifs is 1. The van der Waals surface area contributed by atoms with Crippen molar-refractivity contribution in [1.29, 1.82) is 0 Å². The van der Waals surface area contributed by atoms with Gasteiger partial charge in [-0.05, 0) is 28.8 Å². The third kappa shape index (κ3) is 2.76. The van der Waals surface area contributed by atoms with Crippen molar-refractivity contribution in [2.75, 3.05) is 6.61 Å². The van der Waals surface area contributed by atoms with Crippen LogP contribution in [0.15, 0.2) is 22.7 Å². The van der Waals surface area contributed by atoms with Gasteiger partial charge in [-0.2, -0.15) is 0 Å². The summed E-state index contributed by atoms with van der Waals surface area (Å²) in [5, 5.41) is 5.27. The standard InChI is InChI=1S/C13H17ClN2O2/c1-13(2,3)11(15)7-17-12-9-6-8(14)4-5-10(9)18-16-12/h4-6,11H,7,15H2,1-3H3. The summed E-state index contributed by atoms with van der Waals surface area (Å²) < 4.78 is 10.8. The monoisotopic (exact) mass is 268 g/mol. The summed E-state index contributed by atoms with van der Waals surface area (Å²) in [6, 6.07) is 5.20. The molecule has 2 aromatic rings. The largest absolute Gasteiger partial charge is 0.473 e. The second-order valence-corrected chi connectivity index (χ2v) is 5.85. The van der Waals surface area contributed by atoms with Crippen LogP contribution in [0.5, 0.6) is 5.88 Å². The quantitative estimate of drug-likeness (QED) is 0.928. The van der Waals surface area contributed by atoms with Crippen molar-refractivity contribution in [3.63, 3.8) is 0 Å². The second kappa shape index (κ2) is 4.78. The van der Waals surface area contributed by atoms with Crippen LogP contribution < -0.4 is 10.5 Å². The molecule has 0 spiro atoms. The fourth-order valence-corrected chi connectivity index (χ4v) is 1.58. The molecule has 98 valence electrons. The first-order valence-electron chi connectivity index (χ1n) is 5.81. The van der Waals surface area contributed by atoms with Gasteiger partial charge in [-0.15, -0.1) is 0 Å². The summed E-state index contributed by atoms with van der Waals surface area (Å²) in [7, 11) is 0. The molecular formula is C13H17ClN2O2. The highest BCUT2D eigenvalue weighted by atomic mass is 35.5. The minimum Gasteiger partial charge on any atom is -0.473 e. The number of rotatable bonds is 3. The van der Waals surface area contributed by atoms with Gasteiger partial charge < -0.3 is 15.0 Å². The van der Waals surface area contributed by atoms with Gasteiger partial charge in [-0.1, -0.05) is 32.4 Å². The molecule has 5 heteroatoms. The molecule has 0 aliphatic carbocycles. The summed E-state index contributed by atoms with van der Waals surface area (Å²) in [5.74, 6) is 0.437. The maximum absolute atomic E-state index is 6.03. The first-order chi connectivity index (χ1) is 8.38. The van der Waals surface area contributed by atoms with Crippen molar-refractivity contribution in [1.82, 2.24) is 5.16 Å². The maximum atomic E-state index is 6.03. The normalized spacial score (nSPS) is 13.8. The highest BCUT2D eigenvalue weighted by molar-refractivity contribution is 6.31. The number of halogens is 1. The summed E-state index contributed by atoms with van der Waals surface area (Å²) in [6.07, 6.45) is 0. The Kier molecular flexibility index (Phi) is 3.50. The molecule has 0 fully saturated rings. The van der Waals surface area contributed by atoms with Crippen LogP contribution in [-0.4, -0.2) is 17.8 Å². The molecule has 0 saturated carbocycles. The smallest absolute Gasteiger partial charge is 0.262 e. The molecule has 2 rings (SSSR count). The molecule has 4 nitrogen and oxygen atoms in total. The molecule has 0 aliphatic heterocycles.